The van der Waals surface area contributed by atoms with Crippen LogP contribution in [0.1, 0.15) is 26.2 Å². The van der Waals surface area contributed by atoms with E-state index in [1.165, 1.54) is 31.6 Å². The molecule has 1 atom stereocenters. The molecule has 17 heavy (non-hydrogen) atoms. The van der Waals surface area contributed by atoms with Crippen LogP contribution in [0.2, 0.25) is 0 Å². The molecule has 0 fully saturated rings. The van der Waals surface area contributed by atoms with Crippen molar-refractivity contribution in [2.24, 2.45) is 5.73 Å². The lowest BCUT2D eigenvalue weighted by molar-refractivity contribution is 0.173. The second kappa shape index (κ2) is 11.3. The Labute approximate surface area is 112 Å². The van der Waals surface area contributed by atoms with Gasteiger partial charge < -0.3 is 10.6 Å². The van der Waals surface area contributed by atoms with Crippen molar-refractivity contribution in [2.45, 2.75) is 32.2 Å². The summed E-state index contributed by atoms with van der Waals surface area (Å²) in [5, 5.41) is 0. The molecule has 1 unspecified atom stereocenters. The predicted molar refractivity (Wildman–Crippen MR) is 80.9 cm³/mol. The lowest BCUT2D eigenvalue weighted by atomic mass is 10.1. The summed E-state index contributed by atoms with van der Waals surface area (Å²) in [6.45, 7) is 6.48. The quantitative estimate of drug-likeness (QED) is 0.574. The largest absolute Gasteiger partial charge is 0.329 e. The zero-order chi connectivity index (χ0) is 13.1. The molecule has 2 N–H and O–H groups in total. The van der Waals surface area contributed by atoms with Crippen molar-refractivity contribution in [3.63, 3.8) is 0 Å². The highest BCUT2D eigenvalue weighted by Gasteiger charge is 2.15. The summed E-state index contributed by atoms with van der Waals surface area (Å²) >= 11 is 1.93. The van der Waals surface area contributed by atoms with E-state index in [1.54, 1.807) is 0 Å². The Morgan fingerprint density at radius 2 is 1.88 bits per heavy atom. The lowest BCUT2D eigenvalue weighted by Crippen LogP contribution is -2.44. The van der Waals surface area contributed by atoms with Crippen LogP contribution in [0, 0.1) is 0 Å². The van der Waals surface area contributed by atoms with Gasteiger partial charge >= 0.3 is 0 Å². The second-order valence-electron chi connectivity index (χ2n) is 4.86. The fraction of sp³-hybridized carbons (Fsp3) is 1.00. The summed E-state index contributed by atoms with van der Waals surface area (Å²) in [5.74, 6) is 1.25. The molecule has 0 aliphatic rings. The van der Waals surface area contributed by atoms with Crippen LogP contribution in [0.4, 0.5) is 0 Å². The summed E-state index contributed by atoms with van der Waals surface area (Å²) in [7, 11) is 4.27. The van der Waals surface area contributed by atoms with E-state index in [4.69, 9.17) is 5.73 Å². The smallest absolute Gasteiger partial charge is 0.0219 e. The van der Waals surface area contributed by atoms with Crippen LogP contribution in [0.5, 0.6) is 0 Å². The molecule has 0 aromatic carbocycles. The maximum atomic E-state index is 5.93. The highest BCUT2D eigenvalue weighted by molar-refractivity contribution is 7.98. The molecule has 104 valence electrons. The summed E-state index contributed by atoms with van der Waals surface area (Å²) in [4.78, 5) is 4.82. The van der Waals surface area contributed by atoms with Gasteiger partial charge in [-0.15, -0.1) is 0 Å². The Balaban J connectivity index is 4.09. The van der Waals surface area contributed by atoms with E-state index in [0.717, 1.165) is 19.6 Å². The number of hydrogen-bond donors (Lipinski definition) is 1. The maximum Gasteiger partial charge on any atom is 0.0219 e. The van der Waals surface area contributed by atoms with Crippen LogP contribution in [0.15, 0.2) is 0 Å². The van der Waals surface area contributed by atoms with Crippen LogP contribution in [0.3, 0.4) is 0 Å². The number of rotatable bonds is 11. The third kappa shape index (κ3) is 8.89. The minimum absolute atomic E-state index is 0.571. The molecule has 0 spiro atoms. The topological polar surface area (TPSA) is 32.5 Å². The van der Waals surface area contributed by atoms with Crippen LogP contribution < -0.4 is 5.73 Å². The first-order valence-electron chi connectivity index (χ1n) is 6.73. The predicted octanol–water partition coefficient (Wildman–Crippen LogP) is 1.73. The first kappa shape index (κ1) is 17.2. The zero-order valence-electron chi connectivity index (χ0n) is 12.1. The Morgan fingerprint density at radius 1 is 1.18 bits per heavy atom. The molecular formula is C13H31N3S. The number of likely N-dealkylation sites (N-methyl/N-ethyl adjacent to an activating group) is 1. The van der Waals surface area contributed by atoms with Gasteiger partial charge in [0.05, 0.1) is 0 Å². The lowest BCUT2D eigenvalue weighted by Gasteiger charge is -2.31. The molecule has 0 rings (SSSR count). The minimum atomic E-state index is 0.571. The summed E-state index contributed by atoms with van der Waals surface area (Å²) in [6, 6.07) is 0.571. The van der Waals surface area contributed by atoms with Gasteiger partial charge in [0.15, 0.2) is 0 Å². The normalized spacial score (nSPS) is 13.6. The highest BCUT2D eigenvalue weighted by atomic mass is 32.2. The molecule has 0 bridgehead atoms. The van der Waals surface area contributed by atoms with E-state index >= 15 is 0 Å². The van der Waals surface area contributed by atoms with Crippen molar-refractivity contribution in [3.8, 4) is 0 Å². The van der Waals surface area contributed by atoms with E-state index in [1.807, 2.05) is 11.8 Å². The average molecular weight is 261 g/mol. The van der Waals surface area contributed by atoms with Gasteiger partial charge in [-0.25, -0.2) is 0 Å². The third-order valence-electron chi connectivity index (χ3n) is 3.02. The first-order valence-corrected chi connectivity index (χ1v) is 8.12. The van der Waals surface area contributed by atoms with Crippen molar-refractivity contribution in [1.82, 2.24) is 9.80 Å². The molecule has 0 aromatic rings. The van der Waals surface area contributed by atoms with Gasteiger partial charge in [0.25, 0.3) is 0 Å². The summed E-state index contributed by atoms with van der Waals surface area (Å²) < 4.78 is 0. The molecule has 0 radical (unpaired) electrons. The van der Waals surface area contributed by atoms with Gasteiger partial charge in [-0.2, -0.15) is 11.8 Å². The fourth-order valence-corrected chi connectivity index (χ4v) is 2.46. The molecule has 0 amide bonds. The Kier molecular flexibility index (Phi) is 11.5. The minimum Gasteiger partial charge on any atom is -0.329 e. The van der Waals surface area contributed by atoms with Gasteiger partial charge in [-0.1, -0.05) is 6.92 Å². The van der Waals surface area contributed by atoms with Gasteiger partial charge in [0, 0.05) is 25.7 Å². The molecule has 0 aliphatic carbocycles. The van der Waals surface area contributed by atoms with Crippen molar-refractivity contribution >= 4 is 11.8 Å². The molecule has 4 heteroatoms. The average Bonchev–Trinajstić information content (AvgIpc) is 2.30. The molecule has 0 saturated heterocycles. The van der Waals surface area contributed by atoms with E-state index in [9.17, 15) is 0 Å². The SMILES string of the molecule is CCCN(CCN(C)C)C(CN)CCCSC. The molecular weight excluding hydrogens is 230 g/mol. The highest BCUT2D eigenvalue weighted by Crippen LogP contribution is 2.09. The van der Waals surface area contributed by atoms with Crippen molar-refractivity contribution in [3.05, 3.63) is 0 Å². The van der Waals surface area contributed by atoms with Crippen molar-refractivity contribution in [2.75, 3.05) is 52.3 Å². The van der Waals surface area contributed by atoms with Gasteiger partial charge in [0.2, 0.25) is 0 Å². The van der Waals surface area contributed by atoms with E-state index in [2.05, 4.69) is 37.1 Å². The van der Waals surface area contributed by atoms with Gasteiger partial charge in [0.1, 0.15) is 0 Å². The molecule has 0 saturated carbocycles. The fourth-order valence-electron chi connectivity index (χ4n) is 2.01. The van der Waals surface area contributed by atoms with Crippen LogP contribution in [-0.4, -0.2) is 68.1 Å². The van der Waals surface area contributed by atoms with Crippen LogP contribution in [-0.2, 0) is 0 Å². The maximum absolute atomic E-state index is 5.93. The molecule has 0 heterocycles. The Hall–Kier alpha value is 0.230. The summed E-state index contributed by atoms with van der Waals surface area (Å²) in [6.07, 6.45) is 5.91. The zero-order valence-corrected chi connectivity index (χ0v) is 12.9. The number of hydrogen-bond acceptors (Lipinski definition) is 4. The van der Waals surface area contributed by atoms with Crippen molar-refractivity contribution in [1.29, 1.82) is 0 Å². The van der Waals surface area contributed by atoms with Gasteiger partial charge in [-0.05, 0) is 51.9 Å². The number of nitrogens with zero attached hydrogens (tertiary/aromatic N) is 2. The monoisotopic (exact) mass is 261 g/mol. The first-order chi connectivity index (χ1) is 8.15. The number of nitrogens with two attached hydrogens (primary N) is 1. The molecule has 3 nitrogen and oxygen atoms in total. The van der Waals surface area contributed by atoms with Crippen LogP contribution in [0.25, 0.3) is 0 Å². The Morgan fingerprint density at radius 3 is 2.35 bits per heavy atom. The molecule has 0 aromatic heterocycles. The summed E-state index contributed by atoms with van der Waals surface area (Å²) in [5.41, 5.74) is 5.93. The van der Waals surface area contributed by atoms with E-state index in [0.29, 0.717) is 6.04 Å². The third-order valence-corrected chi connectivity index (χ3v) is 3.72. The van der Waals surface area contributed by atoms with E-state index in [-0.39, 0.29) is 0 Å². The van der Waals surface area contributed by atoms with Gasteiger partial charge in [-0.3, -0.25) is 4.90 Å². The van der Waals surface area contributed by atoms with E-state index < -0.39 is 0 Å². The number of thioether (sulfide) groups is 1. The van der Waals surface area contributed by atoms with Crippen LogP contribution >= 0.6 is 11.8 Å². The second-order valence-corrected chi connectivity index (χ2v) is 5.85. The Bertz CT molecular complexity index is 165. The van der Waals surface area contributed by atoms with Crippen molar-refractivity contribution < 1.29 is 0 Å². The molecule has 0 aliphatic heterocycles. The standard InChI is InChI=1S/C13H31N3S/c1-5-8-16(10-9-15(2)3)13(12-14)7-6-11-17-4/h13H,5-12,14H2,1-4H3.